The fraction of sp³-hybridized carbons (Fsp3) is 0.500. The predicted octanol–water partition coefficient (Wildman–Crippen LogP) is 4.47. The SMILES string of the molecule is CC(C)n1c(CN2CCCC2)cc2cc(Cl)ccc21. The highest BCUT2D eigenvalue weighted by Crippen LogP contribution is 2.28. The number of likely N-dealkylation sites (tertiary alicyclic amines) is 1. The molecule has 2 aromatic rings. The summed E-state index contributed by atoms with van der Waals surface area (Å²) in [6.45, 7) is 8.04. The maximum atomic E-state index is 6.11. The Kier molecular flexibility index (Phi) is 3.55. The van der Waals surface area contributed by atoms with Gasteiger partial charge in [0.15, 0.2) is 0 Å². The largest absolute Gasteiger partial charge is 0.341 e. The van der Waals surface area contributed by atoms with Crippen molar-refractivity contribution in [3.8, 4) is 0 Å². The highest BCUT2D eigenvalue weighted by molar-refractivity contribution is 6.31. The summed E-state index contributed by atoms with van der Waals surface area (Å²) >= 11 is 6.11. The van der Waals surface area contributed by atoms with Gasteiger partial charge in [-0.3, -0.25) is 4.90 Å². The van der Waals surface area contributed by atoms with Crippen LogP contribution in [0.15, 0.2) is 24.3 Å². The summed E-state index contributed by atoms with van der Waals surface area (Å²) in [5, 5.41) is 2.08. The molecule has 0 aliphatic carbocycles. The van der Waals surface area contributed by atoms with Crippen molar-refractivity contribution in [2.45, 2.75) is 39.3 Å². The van der Waals surface area contributed by atoms with E-state index in [-0.39, 0.29) is 0 Å². The Morgan fingerprint density at radius 3 is 2.58 bits per heavy atom. The first-order valence-corrected chi connectivity index (χ1v) is 7.54. The van der Waals surface area contributed by atoms with Crippen LogP contribution >= 0.6 is 11.6 Å². The Morgan fingerprint density at radius 2 is 1.89 bits per heavy atom. The minimum absolute atomic E-state index is 0.483. The molecule has 3 rings (SSSR count). The van der Waals surface area contributed by atoms with Gasteiger partial charge < -0.3 is 4.57 Å². The topological polar surface area (TPSA) is 8.17 Å². The van der Waals surface area contributed by atoms with Crippen molar-refractivity contribution in [1.82, 2.24) is 9.47 Å². The number of fused-ring (bicyclic) bond motifs is 1. The van der Waals surface area contributed by atoms with Crippen LogP contribution in [0.1, 0.15) is 38.4 Å². The fourth-order valence-corrected chi connectivity index (χ4v) is 3.35. The lowest BCUT2D eigenvalue weighted by molar-refractivity contribution is 0.319. The van der Waals surface area contributed by atoms with E-state index < -0.39 is 0 Å². The second kappa shape index (κ2) is 5.18. The molecule has 0 amide bonds. The smallest absolute Gasteiger partial charge is 0.0486 e. The van der Waals surface area contributed by atoms with E-state index in [1.54, 1.807) is 0 Å². The molecule has 0 atom stereocenters. The van der Waals surface area contributed by atoms with Crippen LogP contribution in [-0.4, -0.2) is 22.6 Å². The third-order valence-electron chi connectivity index (χ3n) is 3.98. The fourth-order valence-electron chi connectivity index (χ4n) is 3.17. The molecule has 1 aromatic heterocycles. The highest BCUT2D eigenvalue weighted by Gasteiger charge is 2.17. The lowest BCUT2D eigenvalue weighted by Crippen LogP contribution is -2.21. The van der Waals surface area contributed by atoms with E-state index in [0.717, 1.165) is 11.6 Å². The lowest BCUT2D eigenvalue weighted by atomic mass is 10.2. The first kappa shape index (κ1) is 13.0. The molecule has 102 valence electrons. The normalized spacial score (nSPS) is 16.8. The van der Waals surface area contributed by atoms with Gasteiger partial charge in [-0.1, -0.05) is 11.6 Å². The molecule has 0 radical (unpaired) electrons. The van der Waals surface area contributed by atoms with Crippen LogP contribution in [0.4, 0.5) is 0 Å². The Hall–Kier alpha value is -0.990. The van der Waals surface area contributed by atoms with Crippen molar-refractivity contribution in [2.75, 3.05) is 13.1 Å². The summed E-state index contributed by atoms with van der Waals surface area (Å²) in [4.78, 5) is 2.55. The minimum atomic E-state index is 0.483. The van der Waals surface area contributed by atoms with Crippen molar-refractivity contribution in [2.24, 2.45) is 0 Å². The molecule has 1 aromatic carbocycles. The minimum Gasteiger partial charge on any atom is -0.341 e. The molecule has 0 N–H and O–H groups in total. The summed E-state index contributed by atoms with van der Waals surface area (Å²) in [5.74, 6) is 0. The molecule has 3 heteroatoms. The van der Waals surface area contributed by atoms with Crippen molar-refractivity contribution >= 4 is 22.5 Å². The van der Waals surface area contributed by atoms with E-state index in [4.69, 9.17) is 11.6 Å². The number of halogens is 1. The summed E-state index contributed by atoms with van der Waals surface area (Å²) in [6.07, 6.45) is 2.68. The second-order valence-electron chi connectivity index (χ2n) is 5.79. The molecule has 0 saturated carbocycles. The van der Waals surface area contributed by atoms with Crippen LogP contribution in [-0.2, 0) is 6.54 Å². The summed E-state index contributed by atoms with van der Waals surface area (Å²) in [7, 11) is 0. The monoisotopic (exact) mass is 276 g/mol. The van der Waals surface area contributed by atoms with Gasteiger partial charge in [0.05, 0.1) is 0 Å². The van der Waals surface area contributed by atoms with E-state index in [9.17, 15) is 0 Å². The van der Waals surface area contributed by atoms with Gasteiger partial charge in [0.1, 0.15) is 0 Å². The average Bonchev–Trinajstić information content (AvgIpc) is 2.95. The van der Waals surface area contributed by atoms with E-state index in [2.05, 4.69) is 41.5 Å². The number of benzene rings is 1. The number of hydrogen-bond donors (Lipinski definition) is 0. The van der Waals surface area contributed by atoms with Crippen LogP contribution in [0.25, 0.3) is 10.9 Å². The van der Waals surface area contributed by atoms with Crippen molar-refractivity contribution < 1.29 is 0 Å². The van der Waals surface area contributed by atoms with Gasteiger partial charge in [0.25, 0.3) is 0 Å². The molecule has 0 bridgehead atoms. The van der Waals surface area contributed by atoms with Gasteiger partial charge >= 0.3 is 0 Å². The third kappa shape index (κ3) is 2.52. The summed E-state index contributed by atoms with van der Waals surface area (Å²) < 4.78 is 2.45. The van der Waals surface area contributed by atoms with Gasteiger partial charge in [0.2, 0.25) is 0 Å². The molecule has 1 saturated heterocycles. The molecule has 2 heterocycles. The van der Waals surface area contributed by atoms with Crippen LogP contribution < -0.4 is 0 Å². The predicted molar refractivity (Wildman–Crippen MR) is 81.8 cm³/mol. The van der Waals surface area contributed by atoms with E-state index >= 15 is 0 Å². The van der Waals surface area contributed by atoms with E-state index in [1.165, 1.54) is 42.5 Å². The zero-order chi connectivity index (χ0) is 13.4. The van der Waals surface area contributed by atoms with E-state index in [1.807, 2.05) is 6.07 Å². The Morgan fingerprint density at radius 1 is 1.16 bits per heavy atom. The van der Waals surface area contributed by atoms with Crippen molar-refractivity contribution in [3.63, 3.8) is 0 Å². The molecular weight excluding hydrogens is 256 g/mol. The molecular formula is C16H21ClN2. The quantitative estimate of drug-likeness (QED) is 0.803. The van der Waals surface area contributed by atoms with Crippen molar-refractivity contribution in [3.05, 3.63) is 35.0 Å². The van der Waals surface area contributed by atoms with Crippen LogP contribution in [0, 0.1) is 0 Å². The zero-order valence-electron chi connectivity index (χ0n) is 11.7. The zero-order valence-corrected chi connectivity index (χ0v) is 12.5. The molecule has 1 aliphatic rings. The molecule has 0 spiro atoms. The standard InChI is InChI=1S/C16H21ClN2/c1-12(2)19-15(11-18-7-3-4-8-18)10-13-9-14(17)5-6-16(13)19/h5-6,9-10,12H,3-4,7-8,11H2,1-2H3. The highest BCUT2D eigenvalue weighted by atomic mass is 35.5. The number of aromatic nitrogens is 1. The number of rotatable bonds is 3. The third-order valence-corrected chi connectivity index (χ3v) is 4.22. The van der Waals surface area contributed by atoms with Gasteiger partial charge in [-0.05, 0) is 64.0 Å². The first-order valence-electron chi connectivity index (χ1n) is 7.17. The maximum absolute atomic E-state index is 6.11. The van der Waals surface area contributed by atoms with Gasteiger partial charge in [-0.2, -0.15) is 0 Å². The Bertz CT molecular complexity index is 580. The molecule has 1 fully saturated rings. The molecule has 2 nitrogen and oxygen atoms in total. The van der Waals surface area contributed by atoms with Crippen molar-refractivity contribution in [1.29, 1.82) is 0 Å². The maximum Gasteiger partial charge on any atom is 0.0486 e. The van der Waals surface area contributed by atoms with Gasteiger partial charge in [-0.15, -0.1) is 0 Å². The lowest BCUT2D eigenvalue weighted by Gasteiger charge is -2.19. The van der Waals surface area contributed by atoms with Crippen LogP contribution in [0.3, 0.4) is 0 Å². The summed E-state index contributed by atoms with van der Waals surface area (Å²) in [5.41, 5.74) is 2.71. The average molecular weight is 277 g/mol. The first-order chi connectivity index (χ1) is 9.15. The van der Waals surface area contributed by atoms with Gasteiger partial charge in [0, 0.05) is 34.2 Å². The number of hydrogen-bond acceptors (Lipinski definition) is 1. The summed E-state index contributed by atoms with van der Waals surface area (Å²) in [6, 6.07) is 8.99. The molecule has 1 aliphatic heterocycles. The van der Waals surface area contributed by atoms with Gasteiger partial charge in [-0.25, -0.2) is 0 Å². The van der Waals surface area contributed by atoms with Crippen LogP contribution in [0.2, 0.25) is 5.02 Å². The molecule has 0 unspecified atom stereocenters. The van der Waals surface area contributed by atoms with Crippen LogP contribution in [0.5, 0.6) is 0 Å². The Balaban J connectivity index is 2.03. The second-order valence-corrected chi connectivity index (χ2v) is 6.22. The Labute approximate surface area is 120 Å². The number of nitrogens with zero attached hydrogens (tertiary/aromatic N) is 2. The molecule has 19 heavy (non-hydrogen) atoms. The van der Waals surface area contributed by atoms with E-state index in [0.29, 0.717) is 6.04 Å².